The lowest BCUT2D eigenvalue weighted by atomic mass is 9.92. The molecule has 2 aliphatic rings. The zero-order chi connectivity index (χ0) is 13.9. The first kappa shape index (κ1) is 13.4. The summed E-state index contributed by atoms with van der Waals surface area (Å²) in [5, 5.41) is 3.24. The normalized spacial score (nSPS) is 19.0. The highest BCUT2D eigenvalue weighted by Crippen LogP contribution is 2.25. The van der Waals surface area contributed by atoms with Crippen molar-refractivity contribution in [2.75, 3.05) is 26.2 Å². The predicted octanol–water partition coefficient (Wildman–Crippen LogP) is 0.898. The molecule has 1 aromatic rings. The zero-order valence-electron chi connectivity index (χ0n) is 11.7. The number of aryl methyl sites for hydroxylation is 2. The summed E-state index contributed by atoms with van der Waals surface area (Å²) >= 11 is 0. The minimum atomic E-state index is 0.199. The second-order valence-corrected chi connectivity index (χ2v) is 5.57. The lowest BCUT2D eigenvalue weighted by Crippen LogP contribution is -2.46. The highest BCUT2D eigenvalue weighted by molar-refractivity contribution is 5.99. The summed E-state index contributed by atoms with van der Waals surface area (Å²) in [6.45, 7) is 3.35. The Bertz CT molecular complexity index is 515. The third-order valence-electron chi connectivity index (χ3n) is 4.23. The summed E-state index contributed by atoms with van der Waals surface area (Å²) in [7, 11) is 0. The molecular weight excluding hydrogens is 254 g/mol. The molecule has 3 rings (SSSR count). The number of H-pyrrole nitrogens is 1. The number of nitrogens with one attached hydrogen (secondary N) is 2. The molecular formula is C15H21N3O2. The molecule has 108 valence electrons. The summed E-state index contributed by atoms with van der Waals surface area (Å²) in [4.78, 5) is 29.3. The van der Waals surface area contributed by atoms with Gasteiger partial charge in [0.15, 0.2) is 5.78 Å². The molecule has 1 aliphatic carbocycles. The van der Waals surface area contributed by atoms with Crippen molar-refractivity contribution in [3.63, 3.8) is 0 Å². The van der Waals surface area contributed by atoms with Gasteiger partial charge < -0.3 is 15.2 Å². The van der Waals surface area contributed by atoms with Crippen LogP contribution < -0.4 is 5.32 Å². The van der Waals surface area contributed by atoms with Gasteiger partial charge in [0.05, 0.1) is 0 Å². The maximum absolute atomic E-state index is 12.1. The van der Waals surface area contributed by atoms with Crippen molar-refractivity contribution in [3.05, 3.63) is 23.0 Å². The molecule has 20 heavy (non-hydrogen) atoms. The Morgan fingerprint density at radius 1 is 1.25 bits per heavy atom. The highest BCUT2D eigenvalue weighted by Gasteiger charge is 2.23. The summed E-state index contributed by atoms with van der Waals surface area (Å²) < 4.78 is 0. The van der Waals surface area contributed by atoms with Crippen molar-refractivity contribution in [2.45, 2.75) is 32.1 Å². The van der Waals surface area contributed by atoms with E-state index in [1.807, 2.05) is 11.1 Å². The molecule has 1 fully saturated rings. The van der Waals surface area contributed by atoms with E-state index in [0.29, 0.717) is 19.3 Å². The Morgan fingerprint density at radius 3 is 2.85 bits per heavy atom. The first-order chi connectivity index (χ1) is 9.75. The van der Waals surface area contributed by atoms with Gasteiger partial charge in [0.2, 0.25) is 5.91 Å². The van der Waals surface area contributed by atoms with Crippen molar-refractivity contribution in [3.8, 4) is 0 Å². The van der Waals surface area contributed by atoms with Crippen molar-refractivity contribution in [2.24, 2.45) is 0 Å². The number of fused-ring (bicyclic) bond motifs is 1. The fourth-order valence-electron chi connectivity index (χ4n) is 3.12. The van der Waals surface area contributed by atoms with Gasteiger partial charge >= 0.3 is 0 Å². The number of Topliss-reactive ketones (excluding diaryl/α,β-unsaturated/α-hetero) is 1. The molecule has 1 amide bonds. The van der Waals surface area contributed by atoms with Gasteiger partial charge in [0.25, 0.3) is 0 Å². The van der Waals surface area contributed by atoms with Crippen molar-refractivity contribution in [1.82, 2.24) is 15.2 Å². The topological polar surface area (TPSA) is 65.2 Å². The molecule has 2 heterocycles. The third-order valence-corrected chi connectivity index (χ3v) is 4.23. The van der Waals surface area contributed by atoms with E-state index in [4.69, 9.17) is 0 Å². The van der Waals surface area contributed by atoms with Crippen LogP contribution in [0.2, 0.25) is 0 Å². The second kappa shape index (κ2) is 5.79. The molecule has 0 bridgehead atoms. The lowest BCUT2D eigenvalue weighted by molar-refractivity contribution is -0.131. The van der Waals surface area contributed by atoms with Gasteiger partial charge in [-0.3, -0.25) is 9.59 Å². The first-order valence-corrected chi connectivity index (χ1v) is 7.46. The number of carbonyl (C=O) groups is 2. The quantitative estimate of drug-likeness (QED) is 0.861. The molecule has 0 radical (unpaired) electrons. The summed E-state index contributed by atoms with van der Waals surface area (Å²) in [6.07, 6.45) is 5.61. The van der Waals surface area contributed by atoms with Crippen LogP contribution in [0.15, 0.2) is 6.20 Å². The average molecular weight is 275 g/mol. The molecule has 5 nitrogen and oxygen atoms in total. The molecule has 1 aliphatic heterocycles. The van der Waals surface area contributed by atoms with E-state index in [2.05, 4.69) is 10.3 Å². The van der Waals surface area contributed by atoms with Crippen molar-refractivity contribution >= 4 is 11.7 Å². The fraction of sp³-hybridized carbons (Fsp3) is 0.600. The summed E-state index contributed by atoms with van der Waals surface area (Å²) in [6, 6.07) is 0. The number of amides is 1. The van der Waals surface area contributed by atoms with E-state index in [0.717, 1.165) is 55.8 Å². The van der Waals surface area contributed by atoms with Gasteiger partial charge in [-0.1, -0.05) is 0 Å². The van der Waals surface area contributed by atoms with Gasteiger partial charge in [0, 0.05) is 56.5 Å². The van der Waals surface area contributed by atoms with Gasteiger partial charge in [-0.05, 0) is 24.8 Å². The molecule has 0 aromatic carbocycles. The Kier molecular flexibility index (Phi) is 3.87. The van der Waals surface area contributed by atoms with Crippen LogP contribution in [0.25, 0.3) is 0 Å². The Morgan fingerprint density at radius 2 is 2.05 bits per heavy atom. The van der Waals surface area contributed by atoms with Crippen LogP contribution in [0.1, 0.15) is 40.9 Å². The van der Waals surface area contributed by atoms with E-state index >= 15 is 0 Å². The maximum Gasteiger partial charge on any atom is 0.222 e. The van der Waals surface area contributed by atoms with Crippen LogP contribution in [-0.2, 0) is 17.6 Å². The van der Waals surface area contributed by atoms with Crippen LogP contribution in [-0.4, -0.2) is 47.8 Å². The summed E-state index contributed by atoms with van der Waals surface area (Å²) in [5.41, 5.74) is 2.95. The predicted molar refractivity (Wildman–Crippen MR) is 75.8 cm³/mol. The van der Waals surface area contributed by atoms with E-state index in [1.165, 1.54) is 0 Å². The Balaban J connectivity index is 1.62. The monoisotopic (exact) mass is 275 g/mol. The summed E-state index contributed by atoms with van der Waals surface area (Å²) in [5.74, 6) is 0.432. The van der Waals surface area contributed by atoms with Crippen LogP contribution in [0.4, 0.5) is 0 Å². The number of aromatic nitrogens is 1. The van der Waals surface area contributed by atoms with Crippen molar-refractivity contribution < 1.29 is 9.59 Å². The fourth-order valence-corrected chi connectivity index (χ4v) is 3.12. The lowest BCUT2D eigenvalue weighted by Gasteiger charge is -2.27. The number of rotatable bonds is 3. The van der Waals surface area contributed by atoms with Crippen LogP contribution >= 0.6 is 0 Å². The number of piperazine rings is 1. The molecule has 0 atom stereocenters. The molecule has 1 aromatic heterocycles. The van der Waals surface area contributed by atoms with E-state index in [-0.39, 0.29) is 11.7 Å². The number of aromatic amines is 1. The number of carbonyl (C=O) groups excluding carboxylic acids is 2. The smallest absolute Gasteiger partial charge is 0.222 e. The third kappa shape index (κ3) is 2.63. The SMILES string of the molecule is O=C1CCCc2[nH]cc(CCC(=O)N3CCNCC3)c21. The molecule has 0 saturated carbocycles. The number of nitrogens with zero attached hydrogens (tertiary/aromatic N) is 1. The standard InChI is InChI=1S/C15H21N3O2/c19-13-3-1-2-12-15(13)11(10-17-12)4-5-14(20)18-8-6-16-7-9-18/h10,16-17H,1-9H2. The highest BCUT2D eigenvalue weighted by atomic mass is 16.2. The maximum atomic E-state index is 12.1. The first-order valence-electron chi connectivity index (χ1n) is 7.46. The van der Waals surface area contributed by atoms with Gasteiger partial charge in [-0.15, -0.1) is 0 Å². The van der Waals surface area contributed by atoms with Gasteiger partial charge in [-0.25, -0.2) is 0 Å². The van der Waals surface area contributed by atoms with E-state index in [1.54, 1.807) is 0 Å². The van der Waals surface area contributed by atoms with Crippen LogP contribution in [0.3, 0.4) is 0 Å². The number of ketones is 1. The van der Waals surface area contributed by atoms with Crippen LogP contribution in [0, 0.1) is 0 Å². The molecule has 1 saturated heterocycles. The second-order valence-electron chi connectivity index (χ2n) is 5.57. The van der Waals surface area contributed by atoms with Gasteiger partial charge in [-0.2, -0.15) is 0 Å². The molecule has 5 heteroatoms. The molecule has 2 N–H and O–H groups in total. The zero-order valence-corrected chi connectivity index (χ0v) is 11.7. The van der Waals surface area contributed by atoms with Crippen LogP contribution in [0.5, 0.6) is 0 Å². The number of hydrogen-bond acceptors (Lipinski definition) is 3. The molecule has 0 unspecified atom stereocenters. The van der Waals surface area contributed by atoms with E-state index < -0.39 is 0 Å². The Hall–Kier alpha value is -1.62. The average Bonchev–Trinajstić information content (AvgIpc) is 2.90. The Labute approximate surface area is 118 Å². The minimum absolute atomic E-state index is 0.199. The minimum Gasteiger partial charge on any atom is -0.364 e. The van der Waals surface area contributed by atoms with E-state index in [9.17, 15) is 9.59 Å². The number of hydrogen-bond donors (Lipinski definition) is 2. The van der Waals surface area contributed by atoms with Crippen molar-refractivity contribution in [1.29, 1.82) is 0 Å². The largest absolute Gasteiger partial charge is 0.364 e. The van der Waals surface area contributed by atoms with Gasteiger partial charge in [0.1, 0.15) is 0 Å². The molecule has 0 spiro atoms.